The smallest absolute Gasteiger partial charge is 0.329 e. The normalized spacial score (nSPS) is 17.1. The molecule has 0 saturated heterocycles. The van der Waals surface area contributed by atoms with Crippen molar-refractivity contribution < 1.29 is 14.3 Å². The minimum atomic E-state index is -1.07. The summed E-state index contributed by atoms with van der Waals surface area (Å²) in [6.45, 7) is 0. The monoisotopic (exact) mass is 248 g/mol. The van der Waals surface area contributed by atoms with Crippen molar-refractivity contribution in [3.63, 3.8) is 0 Å². The lowest BCUT2D eigenvalue weighted by atomic mass is 9.97. The van der Waals surface area contributed by atoms with Crippen LogP contribution >= 0.6 is 0 Å². The number of rotatable bonds is 3. The zero-order valence-corrected chi connectivity index (χ0v) is 9.74. The highest BCUT2D eigenvalue weighted by molar-refractivity contribution is 5.83. The van der Waals surface area contributed by atoms with Crippen molar-refractivity contribution in [2.45, 2.75) is 31.2 Å². The molecule has 0 bridgehead atoms. The topological polar surface area (TPSA) is 73.1 Å². The summed E-state index contributed by atoms with van der Waals surface area (Å²) in [4.78, 5) is 11.3. The van der Waals surface area contributed by atoms with Crippen LogP contribution in [0.25, 0.3) is 0 Å². The predicted molar refractivity (Wildman–Crippen MR) is 63.6 cm³/mol. The lowest BCUT2D eigenvalue weighted by Gasteiger charge is -2.26. The highest BCUT2D eigenvalue weighted by atomic mass is 19.1. The van der Waals surface area contributed by atoms with Crippen LogP contribution in [-0.4, -0.2) is 16.6 Å². The minimum Gasteiger partial charge on any atom is -0.480 e. The summed E-state index contributed by atoms with van der Waals surface area (Å²) in [5.41, 5.74) is -0.721. The van der Waals surface area contributed by atoms with Crippen LogP contribution in [0.1, 0.15) is 31.2 Å². The summed E-state index contributed by atoms with van der Waals surface area (Å²) in [6.07, 6.45) is 2.61. The molecule has 0 heterocycles. The molecule has 0 spiro atoms. The van der Waals surface area contributed by atoms with Gasteiger partial charge in [0.15, 0.2) is 0 Å². The number of carbonyl (C=O) groups is 1. The lowest BCUT2D eigenvalue weighted by Crippen LogP contribution is -2.43. The van der Waals surface area contributed by atoms with E-state index in [-0.39, 0.29) is 11.3 Å². The summed E-state index contributed by atoms with van der Waals surface area (Å²) < 4.78 is 13.7. The molecular formula is C13H13FN2O2. The van der Waals surface area contributed by atoms with E-state index in [1.807, 2.05) is 6.07 Å². The third-order valence-electron chi connectivity index (χ3n) is 3.34. The molecule has 1 fully saturated rings. The SMILES string of the molecule is N#Cc1ccc(NC2(C(=O)O)CCCC2)c(F)c1. The van der Waals surface area contributed by atoms with Gasteiger partial charge in [0.05, 0.1) is 17.3 Å². The van der Waals surface area contributed by atoms with Gasteiger partial charge in [0.2, 0.25) is 0 Å². The molecule has 0 unspecified atom stereocenters. The van der Waals surface area contributed by atoms with Crippen molar-refractivity contribution in [3.05, 3.63) is 29.6 Å². The molecule has 4 nitrogen and oxygen atoms in total. The van der Waals surface area contributed by atoms with Crippen molar-refractivity contribution in [1.29, 1.82) is 5.26 Å². The molecular weight excluding hydrogens is 235 g/mol. The number of nitriles is 1. The van der Waals surface area contributed by atoms with E-state index in [9.17, 15) is 14.3 Å². The number of aliphatic carboxylic acids is 1. The molecule has 0 aliphatic heterocycles. The van der Waals surface area contributed by atoms with E-state index in [0.717, 1.165) is 18.9 Å². The average Bonchev–Trinajstić information content (AvgIpc) is 2.81. The van der Waals surface area contributed by atoms with Gasteiger partial charge in [-0.25, -0.2) is 9.18 Å². The van der Waals surface area contributed by atoms with Crippen LogP contribution < -0.4 is 5.32 Å². The average molecular weight is 248 g/mol. The second-order valence-corrected chi connectivity index (χ2v) is 4.53. The highest BCUT2D eigenvalue weighted by Crippen LogP contribution is 2.34. The van der Waals surface area contributed by atoms with Gasteiger partial charge in [-0.15, -0.1) is 0 Å². The molecule has 1 aromatic rings. The van der Waals surface area contributed by atoms with E-state index in [1.165, 1.54) is 12.1 Å². The Labute approximate surface area is 104 Å². The fourth-order valence-corrected chi connectivity index (χ4v) is 2.31. The Morgan fingerprint density at radius 3 is 2.61 bits per heavy atom. The van der Waals surface area contributed by atoms with Gasteiger partial charge in [-0.2, -0.15) is 5.26 Å². The largest absolute Gasteiger partial charge is 0.480 e. The summed E-state index contributed by atoms with van der Waals surface area (Å²) >= 11 is 0. The summed E-state index contributed by atoms with van der Waals surface area (Å²) in [5, 5.41) is 20.7. The molecule has 5 heteroatoms. The van der Waals surface area contributed by atoms with Crippen molar-refractivity contribution >= 4 is 11.7 Å². The van der Waals surface area contributed by atoms with E-state index in [2.05, 4.69) is 5.32 Å². The number of hydrogen-bond donors (Lipinski definition) is 2. The van der Waals surface area contributed by atoms with Crippen LogP contribution in [0.5, 0.6) is 0 Å². The van der Waals surface area contributed by atoms with Crippen LogP contribution in [0.3, 0.4) is 0 Å². The molecule has 1 saturated carbocycles. The number of anilines is 1. The molecule has 0 radical (unpaired) electrons. The van der Waals surface area contributed by atoms with Crippen LogP contribution in [0, 0.1) is 17.1 Å². The first-order valence-corrected chi connectivity index (χ1v) is 5.79. The first-order valence-electron chi connectivity index (χ1n) is 5.79. The van der Waals surface area contributed by atoms with Gasteiger partial charge in [0.25, 0.3) is 0 Å². The fraction of sp³-hybridized carbons (Fsp3) is 0.385. The van der Waals surface area contributed by atoms with E-state index >= 15 is 0 Å². The third-order valence-corrected chi connectivity index (χ3v) is 3.34. The Bertz CT molecular complexity index is 516. The number of nitrogens with one attached hydrogen (secondary N) is 1. The van der Waals surface area contributed by atoms with Gasteiger partial charge in [-0.3, -0.25) is 0 Å². The van der Waals surface area contributed by atoms with E-state index in [4.69, 9.17) is 5.26 Å². The summed E-state index contributed by atoms with van der Waals surface area (Å²) in [6, 6.07) is 5.82. The van der Waals surface area contributed by atoms with Gasteiger partial charge in [0, 0.05) is 0 Å². The molecule has 2 N–H and O–H groups in total. The maximum atomic E-state index is 13.7. The van der Waals surface area contributed by atoms with Crippen molar-refractivity contribution in [3.8, 4) is 6.07 Å². The molecule has 1 aliphatic rings. The first kappa shape index (κ1) is 12.4. The maximum Gasteiger partial charge on any atom is 0.329 e. The molecule has 0 aromatic heterocycles. The lowest BCUT2D eigenvalue weighted by molar-refractivity contribution is -0.142. The maximum absolute atomic E-state index is 13.7. The quantitative estimate of drug-likeness (QED) is 0.862. The zero-order valence-electron chi connectivity index (χ0n) is 9.74. The molecule has 2 rings (SSSR count). The van der Waals surface area contributed by atoms with Gasteiger partial charge in [-0.05, 0) is 31.0 Å². The van der Waals surface area contributed by atoms with Crippen LogP contribution in [0.2, 0.25) is 0 Å². The number of halogens is 1. The standard InChI is InChI=1S/C13H13FN2O2/c14-10-7-9(8-15)3-4-11(10)16-13(12(17)18)5-1-2-6-13/h3-4,7,16H,1-2,5-6H2,(H,17,18). The Hall–Kier alpha value is -2.09. The van der Waals surface area contributed by atoms with Crippen LogP contribution in [0.15, 0.2) is 18.2 Å². The second kappa shape index (κ2) is 4.65. The van der Waals surface area contributed by atoms with Crippen molar-refractivity contribution in [2.75, 3.05) is 5.32 Å². The summed E-state index contributed by atoms with van der Waals surface area (Å²) in [5.74, 6) is -1.55. The number of carboxylic acid groups (broad SMARTS) is 1. The van der Waals surface area contributed by atoms with Crippen molar-refractivity contribution in [1.82, 2.24) is 0 Å². The van der Waals surface area contributed by atoms with E-state index < -0.39 is 17.3 Å². The van der Waals surface area contributed by atoms with Gasteiger partial charge in [-0.1, -0.05) is 12.8 Å². The fourth-order valence-electron chi connectivity index (χ4n) is 2.31. The van der Waals surface area contributed by atoms with Crippen LogP contribution in [0.4, 0.5) is 10.1 Å². The molecule has 94 valence electrons. The van der Waals surface area contributed by atoms with Gasteiger partial charge >= 0.3 is 5.97 Å². The van der Waals surface area contributed by atoms with E-state index in [1.54, 1.807) is 0 Å². The zero-order chi connectivity index (χ0) is 13.2. The summed E-state index contributed by atoms with van der Waals surface area (Å²) in [7, 11) is 0. The molecule has 1 aliphatic carbocycles. The van der Waals surface area contributed by atoms with E-state index in [0.29, 0.717) is 12.8 Å². The molecule has 1 aromatic carbocycles. The first-order chi connectivity index (χ1) is 8.57. The number of hydrogen-bond acceptors (Lipinski definition) is 3. The molecule has 0 atom stereocenters. The number of nitrogens with zero attached hydrogens (tertiary/aromatic N) is 1. The molecule has 0 amide bonds. The van der Waals surface area contributed by atoms with Gasteiger partial charge in [0.1, 0.15) is 11.4 Å². The minimum absolute atomic E-state index is 0.137. The Balaban J connectivity index is 2.28. The highest BCUT2D eigenvalue weighted by Gasteiger charge is 2.41. The predicted octanol–water partition coefficient (Wildman–Crippen LogP) is 2.51. The van der Waals surface area contributed by atoms with Gasteiger partial charge < -0.3 is 10.4 Å². The van der Waals surface area contributed by atoms with Crippen LogP contribution in [-0.2, 0) is 4.79 Å². The second-order valence-electron chi connectivity index (χ2n) is 4.53. The number of benzene rings is 1. The Morgan fingerprint density at radius 1 is 1.44 bits per heavy atom. The Kier molecular flexibility index (Phi) is 3.19. The number of carboxylic acids is 1. The van der Waals surface area contributed by atoms with Crippen molar-refractivity contribution in [2.24, 2.45) is 0 Å². The molecule has 18 heavy (non-hydrogen) atoms. The Morgan fingerprint density at radius 2 is 2.11 bits per heavy atom. The third kappa shape index (κ3) is 2.14.